The second kappa shape index (κ2) is 15.1. The minimum absolute atomic E-state index is 0.0239. The zero-order chi connectivity index (χ0) is 42.8. The molecule has 5 aromatic rings. The number of anilines is 2. The summed E-state index contributed by atoms with van der Waals surface area (Å²) in [6.45, 7) is 13.5. The molecule has 61 heavy (non-hydrogen) atoms. The predicted molar refractivity (Wildman–Crippen MR) is 220 cm³/mol. The summed E-state index contributed by atoms with van der Waals surface area (Å²) in [4.78, 5) is 50.3. The van der Waals surface area contributed by atoms with E-state index >= 15 is 8.78 Å². The summed E-state index contributed by atoms with van der Waals surface area (Å²) in [6, 6.07) is 10.6. The molecule has 17 heteroatoms. The molecule has 0 bridgehead atoms. The van der Waals surface area contributed by atoms with Crippen molar-refractivity contribution in [1.29, 1.82) is 0 Å². The fraction of sp³-hybridized carbons (Fsp3) is 0.364. The Morgan fingerprint density at radius 1 is 1.05 bits per heavy atom. The molecule has 9 rings (SSSR count). The Labute approximate surface area is 349 Å². The van der Waals surface area contributed by atoms with Crippen molar-refractivity contribution in [1.82, 2.24) is 29.7 Å². The summed E-state index contributed by atoms with van der Waals surface area (Å²) in [6.07, 6.45) is 5.61. The average molecular weight is 833 g/mol. The number of carbonyl (C=O) groups is 2. The van der Waals surface area contributed by atoms with Gasteiger partial charge in [0.25, 0.3) is 0 Å². The summed E-state index contributed by atoms with van der Waals surface area (Å²) in [5.41, 5.74) is -0.709. The van der Waals surface area contributed by atoms with Crippen LogP contribution in [0.1, 0.15) is 51.3 Å². The fourth-order valence-corrected chi connectivity index (χ4v) is 8.25. The van der Waals surface area contributed by atoms with Gasteiger partial charge >= 0.3 is 18.2 Å². The Bertz CT molecular complexity index is 2680. The second-order valence-corrected chi connectivity index (χ2v) is 16.2. The lowest BCUT2D eigenvalue weighted by Gasteiger charge is -2.31. The smallest absolute Gasteiger partial charge is 0.413 e. The number of carbonyl (C=O) groups excluding carboxylic acids is 2. The van der Waals surface area contributed by atoms with Gasteiger partial charge in [-0.3, -0.25) is 5.32 Å². The van der Waals surface area contributed by atoms with E-state index in [4.69, 9.17) is 40.1 Å². The number of piperidine rings is 1. The third-order valence-electron chi connectivity index (χ3n) is 11.1. The normalized spacial score (nSPS) is 21.2. The number of hydrogen-bond acceptors (Lipinski definition) is 13. The quantitative estimate of drug-likeness (QED) is 0.102. The lowest BCUT2D eigenvalue weighted by molar-refractivity contribution is -0.00854. The number of aromatic nitrogens is 4. The van der Waals surface area contributed by atoms with Crippen LogP contribution in [-0.2, 0) is 14.2 Å². The first-order valence-corrected chi connectivity index (χ1v) is 19.9. The van der Waals surface area contributed by atoms with Gasteiger partial charge in [-0.1, -0.05) is 48.4 Å². The van der Waals surface area contributed by atoms with E-state index in [2.05, 4.69) is 27.8 Å². The van der Waals surface area contributed by atoms with E-state index in [1.54, 1.807) is 68.3 Å². The molecule has 0 radical (unpaired) electrons. The molecule has 0 aliphatic carbocycles. The summed E-state index contributed by atoms with van der Waals surface area (Å²) >= 11 is 0. The molecule has 3 fully saturated rings. The van der Waals surface area contributed by atoms with Crippen molar-refractivity contribution in [2.45, 2.75) is 57.7 Å². The Kier molecular flexibility index (Phi) is 9.87. The fourth-order valence-electron chi connectivity index (χ4n) is 8.25. The third kappa shape index (κ3) is 7.14. The van der Waals surface area contributed by atoms with Gasteiger partial charge in [-0.15, -0.1) is 6.42 Å². The van der Waals surface area contributed by atoms with Crippen LogP contribution in [0.4, 0.5) is 30.0 Å². The number of ether oxygens (including phenoxy) is 5. The van der Waals surface area contributed by atoms with Crippen LogP contribution in [0.15, 0.2) is 60.8 Å². The van der Waals surface area contributed by atoms with Crippen LogP contribution >= 0.6 is 0 Å². The van der Waals surface area contributed by atoms with Gasteiger partial charge in [0.15, 0.2) is 5.82 Å². The van der Waals surface area contributed by atoms with Crippen LogP contribution in [0.25, 0.3) is 32.9 Å². The SMILES string of the molecule is C#Cc1c(F)ccc2cccc(-c3nc4c5c(nc(OC6N7CC(=C)CC67OC(=O)N6CCOCC6)nc5c3F)N(C(C)c3cccnc3NC(=O)OC(C)(C)C)CCO4)c12. The van der Waals surface area contributed by atoms with Crippen LogP contribution in [0.2, 0.25) is 0 Å². The maximum absolute atomic E-state index is 17.5. The second-order valence-electron chi connectivity index (χ2n) is 16.2. The van der Waals surface area contributed by atoms with Gasteiger partial charge in [0.2, 0.25) is 17.8 Å². The molecular formula is C44H42F2N8O7. The van der Waals surface area contributed by atoms with Gasteiger partial charge in [0.1, 0.15) is 46.3 Å². The van der Waals surface area contributed by atoms with Crippen molar-refractivity contribution in [3.8, 4) is 35.5 Å². The van der Waals surface area contributed by atoms with Crippen LogP contribution in [0.3, 0.4) is 0 Å². The first-order valence-electron chi connectivity index (χ1n) is 19.9. The number of nitrogens with one attached hydrogen (secondary N) is 1. The molecule has 2 aromatic carbocycles. The van der Waals surface area contributed by atoms with Crippen LogP contribution in [0.5, 0.6) is 11.9 Å². The summed E-state index contributed by atoms with van der Waals surface area (Å²) in [5.74, 6) is 1.39. The number of halogens is 2. The highest BCUT2D eigenvalue weighted by Gasteiger charge is 2.73. The van der Waals surface area contributed by atoms with Crippen LogP contribution in [0, 0.1) is 24.0 Å². The van der Waals surface area contributed by atoms with Crippen LogP contribution in [-0.4, -0.2) is 105 Å². The highest BCUT2D eigenvalue weighted by Crippen LogP contribution is 2.53. The highest BCUT2D eigenvalue weighted by molar-refractivity contribution is 6.03. The maximum atomic E-state index is 17.5. The number of hydrogen-bond donors (Lipinski definition) is 1. The van der Waals surface area contributed by atoms with Crippen molar-refractivity contribution >= 4 is 45.5 Å². The van der Waals surface area contributed by atoms with E-state index < -0.39 is 47.4 Å². The Balaban J connectivity index is 1.17. The number of pyridine rings is 2. The summed E-state index contributed by atoms with van der Waals surface area (Å²) in [5, 5.41) is 3.77. The maximum Gasteiger partial charge on any atom is 0.413 e. The standard InChI is InChI=1S/C44H42F2N8O7/c1-7-27-30(45)14-13-26-10-8-11-29(31(26)27)34-33(46)35-32-37(51-40(49-35)59-39-44(22-24(2)23-54(39)44)61-42(56)52-16-19-57-20-17-52)53(18-21-58-38(32)48-34)25(3)28-12-9-15-47-36(28)50-41(55)60-43(4,5)6/h1,8-15,25,39H,2,16-23H2,3-6H3,(H,47,50,55). The van der Waals surface area contributed by atoms with Gasteiger partial charge in [-0.05, 0) is 45.2 Å². The van der Waals surface area contributed by atoms with E-state index in [-0.39, 0.29) is 64.4 Å². The molecule has 4 aliphatic heterocycles. The molecule has 314 valence electrons. The van der Waals surface area contributed by atoms with Crippen molar-refractivity contribution in [2.75, 3.05) is 56.2 Å². The third-order valence-corrected chi connectivity index (χ3v) is 11.1. The molecule has 1 N–H and O–H groups in total. The highest BCUT2D eigenvalue weighted by atomic mass is 19.1. The van der Waals surface area contributed by atoms with Gasteiger partial charge in [0.05, 0.1) is 31.4 Å². The zero-order valence-corrected chi connectivity index (χ0v) is 34.0. The summed E-state index contributed by atoms with van der Waals surface area (Å²) in [7, 11) is 0. The van der Waals surface area contributed by atoms with Gasteiger partial charge in [0, 0.05) is 48.8 Å². The first-order chi connectivity index (χ1) is 29.3. The number of terminal acetylenes is 1. The molecule has 2 amide bonds. The number of benzene rings is 2. The molecule has 4 aliphatic rings. The topological polar surface area (TPSA) is 153 Å². The number of fused-ring (bicyclic) bond motifs is 2. The van der Waals surface area contributed by atoms with E-state index in [0.29, 0.717) is 55.6 Å². The van der Waals surface area contributed by atoms with Crippen molar-refractivity contribution < 1.29 is 42.1 Å². The number of amides is 2. The molecule has 4 atom stereocenters. The van der Waals surface area contributed by atoms with Crippen LogP contribution < -0.4 is 19.7 Å². The molecule has 3 saturated heterocycles. The summed E-state index contributed by atoms with van der Waals surface area (Å²) < 4.78 is 62.5. The molecule has 4 unspecified atom stereocenters. The molecule has 3 aromatic heterocycles. The molecule has 0 saturated carbocycles. The minimum atomic E-state index is -1.18. The predicted octanol–water partition coefficient (Wildman–Crippen LogP) is 6.95. The van der Waals surface area contributed by atoms with Crippen molar-refractivity contribution in [2.24, 2.45) is 0 Å². The molecule has 7 heterocycles. The minimum Gasteiger partial charge on any atom is -0.475 e. The van der Waals surface area contributed by atoms with E-state index in [1.165, 1.54) is 6.07 Å². The average Bonchev–Trinajstić information content (AvgIpc) is 3.70. The van der Waals surface area contributed by atoms with Crippen molar-refractivity contribution in [3.05, 3.63) is 83.6 Å². The Morgan fingerprint density at radius 3 is 2.62 bits per heavy atom. The number of rotatable bonds is 7. The number of nitrogens with zero attached hydrogens (tertiary/aromatic N) is 7. The largest absolute Gasteiger partial charge is 0.475 e. The Hall–Kier alpha value is -6.64. The number of morpholine rings is 1. The van der Waals surface area contributed by atoms with Gasteiger partial charge < -0.3 is 33.5 Å². The monoisotopic (exact) mass is 832 g/mol. The van der Waals surface area contributed by atoms with E-state index in [9.17, 15) is 9.59 Å². The van der Waals surface area contributed by atoms with Gasteiger partial charge in [-0.25, -0.2) is 33.2 Å². The molecular weight excluding hydrogens is 791 g/mol. The van der Waals surface area contributed by atoms with Crippen molar-refractivity contribution in [3.63, 3.8) is 0 Å². The Morgan fingerprint density at radius 2 is 1.85 bits per heavy atom. The van der Waals surface area contributed by atoms with Gasteiger partial charge in [-0.2, -0.15) is 9.97 Å². The lowest BCUT2D eigenvalue weighted by atomic mass is 9.96. The molecule has 15 nitrogen and oxygen atoms in total. The molecule has 0 spiro atoms. The lowest BCUT2D eigenvalue weighted by Crippen LogP contribution is -2.43. The zero-order valence-electron chi connectivity index (χ0n) is 34.0. The van der Waals surface area contributed by atoms with E-state index in [0.717, 1.165) is 5.57 Å². The first kappa shape index (κ1) is 39.8. The van der Waals surface area contributed by atoms with E-state index in [1.807, 2.05) is 16.7 Å².